The van der Waals surface area contributed by atoms with Crippen LogP contribution in [0.15, 0.2) is 0 Å². The van der Waals surface area contributed by atoms with E-state index in [1.165, 1.54) is 4.90 Å². The highest BCUT2D eigenvalue weighted by molar-refractivity contribution is 5.82. The van der Waals surface area contributed by atoms with Crippen LogP contribution in [0.3, 0.4) is 0 Å². The van der Waals surface area contributed by atoms with Gasteiger partial charge in [0, 0.05) is 27.3 Å². The van der Waals surface area contributed by atoms with Gasteiger partial charge in [0.1, 0.15) is 6.04 Å². The average molecular weight is 262 g/mol. The highest BCUT2D eigenvalue weighted by Gasteiger charge is 2.21. The summed E-state index contributed by atoms with van der Waals surface area (Å²) in [5.41, 5.74) is 0. The van der Waals surface area contributed by atoms with E-state index in [0.717, 1.165) is 0 Å². The number of urea groups is 1. The van der Waals surface area contributed by atoms with Gasteiger partial charge in [-0.1, -0.05) is 6.92 Å². The van der Waals surface area contributed by atoms with Gasteiger partial charge >= 0.3 is 12.0 Å². The maximum absolute atomic E-state index is 11.9. The molecule has 0 fully saturated rings. The molecule has 2 amide bonds. The standard InChI is InChI=1S/C11H22N2O5/c1-4-9(10(14)15)12-11(16)13(5-7-17-2)6-8-18-3/h9H,4-8H2,1-3H3,(H,12,16)(H,14,15)/t9-/m1/s1. The summed E-state index contributed by atoms with van der Waals surface area (Å²) in [7, 11) is 3.08. The van der Waals surface area contributed by atoms with E-state index in [9.17, 15) is 9.59 Å². The van der Waals surface area contributed by atoms with Crippen LogP contribution < -0.4 is 5.32 Å². The Hall–Kier alpha value is -1.34. The van der Waals surface area contributed by atoms with Gasteiger partial charge in [-0.25, -0.2) is 9.59 Å². The fourth-order valence-electron chi connectivity index (χ4n) is 1.30. The van der Waals surface area contributed by atoms with Crippen LogP contribution in [-0.4, -0.2) is 68.6 Å². The molecule has 0 heterocycles. The van der Waals surface area contributed by atoms with Crippen LogP contribution in [0.2, 0.25) is 0 Å². The van der Waals surface area contributed by atoms with Crippen LogP contribution in [0, 0.1) is 0 Å². The summed E-state index contributed by atoms with van der Waals surface area (Å²) in [6.07, 6.45) is 0.337. The minimum atomic E-state index is -1.04. The van der Waals surface area contributed by atoms with E-state index in [4.69, 9.17) is 14.6 Å². The molecule has 0 radical (unpaired) electrons. The predicted molar refractivity (Wildman–Crippen MR) is 65.6 cm³/mol. The van der Waals surface area contributed by atoms with Gasteiger partial charge in [-0.3, -0.25) is 0 Å². The molecular weight excluding hydrogens is 240 g/mol. The number of carbonyl (C=O) groups is 2. The molecular formula is C11H22N2O5. The van der Waals surface area contributed by atoms with Gasteiger partial charge in [0.05, 0.1) is 13.2 Å². The second-order valence-electron chi connectivity index (χ2n) is 3.72. The maximum Gasteiger partial charge on any atom is 0.326 e. The van der Waals surface area contributed by atoms with Crippen molar-refractivity contribution in [3.63, 3.8) is 0 Å². The molecule has 0 aliphatic rings. The van der Waals surface area contributed by atoms with Crippen molar-refractivity contribution >= 4 is 12.0 Å². The third kappa shape index (κ3) is 6.41. The topological polar surface area (TPSA) is 88.1 Å². The number of nitrogens with zero attached hydrogens (tertiary/aromatic N) is 1. The van der Waals surface area contributed by atoms with Gasteiger partial charge in [0.15, 0.2) is 0 Å². The second-order valence-corrected chi connectivity index (χ2v) is 3.72. The Labute approximate surface area is 107 Å². The summed E-state index contributed by atoms with van der Waals surface area (Å²) >= 11 is 0. The summed E-state index contributed by atoms with van der Waals surface area (Å²) in [6, 6.07) is -1.29. The molecule has 0 aromatic carbocycles. The number of ether oxygens (including phenoxy) is 2. The molecule has 0 aromatic heterocycles. The first-order chi connectivity index (χ1) is 8.56. The van der Waals surface area contributed by atoms with Crippen molar-refractivity contribution in [2.75, 3.05) is 40.5 Å². The Morgan fingerprint density at radius 3 is 2.06 bits per heavy atom. The molecule has 0 spiro atoms. The van der Waals surface area contributed by atoms with E-state index < -0.39 is 18.0 Å². The number of amides is 2. The quantitative estimate of drug-likeness (QED) is 0.617. The monoisotopic (exact) mass is 262 g/mol. The number of aliphatic carboxylic acids is 1. The molecule has 7 nitrogen and oxygen atoms in total. The van der Waals surface area contributed by atoms with Crippen molar-refractivity contribution in [2.24, 2.45) is 0 Å². The van der Waals surface area contributed by atoms with E-state index in [1.807, 2.05) is 0 Å². The Morgan fingerprint density at radius 1 is 1.22 bits per heavy atom. The Morgan fingerprint density at radius 2 is 1.72 bits per heavy atom. The van der Waals surface area contributed by atoms with E-state index >= 15 is 0 Å². The summed E-state index contributed by atoms with van der Waals surface area (Å²) in [4.78, 5) is 24.2. The first-order valence-electron chi connectivity index (χ1n) is 5.82. The maximum atomic E-state index is 11.9. The van der Waals surface area contributed by atoms with Crippen molar-refractivity contribution in [3.8, 4) is 0 Å². The molecule has 0 aliphatic carbocycles. The predicted octanol–water partition coefficient (Wildman–Crippen LogP) is 0.154. The second kappa shape index (κ2) is 9.67. The summed E-state index contributed by atoms with van der Waals surface area (Å²) < 4.78 is 9.80. The van der Waals surface area contributed by atoms with Crippen molar-refractivity contribution in [2.45, 2.75) is 19.4 Å². The molecule has 2 N–H and O–H groups in total. The number of carboxylic acids is 1. The number of nitrogens with one attached hydrogen (secondary N) is 1. The fraction of sp³-hybridized carbons (Fsp3) is 0.818. The molecule has 0 saturated carbocycles. The summed E-state index contributed by atoms with van der Waals surface area (Å²) in [6.45, 7) is 3.26. The van der Waals surface area contributed by atoms with Gasteiger partial charge in [0.2, 0.25) is 0 Å². The van der Waals surface area contributed by atoms with Crippen molar-refractivity contribution < 1.29 is 24.2 Å². The third-order valence-corrected chi connectivity index (χ3v) is 2.42. The van der Waals surface area contributed by atoms with Gasteiger partial charge in [-0.2, -0.15) is 0 Å². The zero-order chi connectivity index (χ0) is 14.0. The van der Waals surface area contributed by atoms with Crippen molar-refractivity contribution in [3.05, 3.63) is 0 Å². The smallest absolute Gasteiger partial charge is 0.326 e. The van der Waals surface area contributed by atoms with Gasteiger partial charge < -0.3 is 24.8 Å². The van der Waals surface area contributed by atoms with Gasteiger partial charge in [-0.15, -0.1) is 0 Å². The molecule has 106 valence electrons. The normalized spacial score (nSPS) is 11.9. The molecule has 0 saturated heterocycles. The van der Waals surface area contributed by atoms with Crippen LogP contribution in [0.5, 0.6) is 0 Å². The number of carbonyl (C=O) groups excluding carboxylic acids is 1. The molecule has 0 rings (SSSR count). The average Bonchev–Trinajstić information content (AvgIpc) is 2.35. The van der Waals surface area contributed by atoms with E-state index in [1.54, 1.807) is 21.1 Å². The number of hydrogen-bond donors (Lipinski definition) is 2. The lowest BCUT2D eigenvalue weighted by Crippen LogP contribution is -2.49. The number of methoxy groups -OCH3 is 2. The lowest BCUT2D eigenvalue weighted by atomic mass is 10.2. The van der Waals surface area contributed by atoms with Crippen LogP contribution in [0.4, 0.5) is 4.79 Å². The van der Waals surface area contributed by atoms with E-state index in [0.29, 0.717) is 32.7 Å². The molecule has 0 unspecified atom stereocenters. The number of hydrogen-bond acceptors (Lipinski definition) is 4. The highest BCUT2D eigenvalue weighted by Crippen LogP contribution is 1.96. The molecule has 0 bridgehead atoms. The summed E-state index contributed by atoms with van der Waals surface area (Å²) in [5.74, 6) is -1.04. The SMILES string of the molecule is CC[C@@H](NC(=O)N(CCOC)CCOC)C(=O)O. The zero-order valence-corrected chi connectivity index (χ0v) is 11.1. The minimum Gasteiger partial charge on any atom is -0.480 e. The van der Waals surface area contributed by atoms with E-state index in [2.05, 4.69) is 5.32 Å². The van der Waals surface area contributed by atoms with Gasteiger partial charge in [0.25, 0.3) is 0 Å². The largest absolute Gasteiger partial charge is 0.480 e. The fourth-order valence-corrected chi connectivity index (χ4v) is 1.30. The molecule has 7 heteroatoms. The third-order valence-electron chi connectivity index (χ3n) is 2.42. The van der Waals surface area contributed by atoms with Crippen molar-refractivity contribution in [1.29, 1.82) is 0 Å². The van der Waals surface area contributed by atoms with Crippen LogP contribution in [-0.2, 0) is 14.3 Å². The van der Waals surface area contributed by atoms with Crippen molar-refractivity contribution in [1.82, 2.24) is 10.2 Å². The molecule has 0 aliphatic heterocycles. The van der Waals surface area contributed by atoms with Crippen LogP contribution in [0.1, 0.15) is 13.3 Å². The van der Waals surface area contributed by atoms with Crippen LogP contribution >= 0.6 is 0 Å². The highest BCUT2D eigenvalue weighted by atomic mass is 16.5. The Balaban J connectivity index is 4.37. The van der Waals surface area contributed by atoms with Crippen LogP contribution in [0.25, 0.3) is 0 Å². The first-order valence-corrected chi connectivity index (χ1v) is 5.82. The minimum absolute atomic E-state index is 0.337. The Bertz CT molecular complexity index is 252. The zero-order valence-electron chi connectivity index (χ0n) is 11.1. The molecule has 1 atom stereocenters. The summed E-state index contributed by atoms with van der Waals surface area (Å²) in [5, 5.41) is 11.3. The molecule has 0 aromatic rings. The number of rotatable bonds is 9. The lowest BCUT2D eigenvalue weighted by Gasteiger charge is -2.24. The Kier molecular flexibility index (Phi) is 8.95. The first kappa shape index (κ1) is 16.7. The van der Waals surface area contributed by atoms with E-state index in [-0.39, 0.29) is 0 Å². The van der Waals surface area contributed by atoms with Gasteiger partial charge in [-0.05, 0) is 6.42 Å². The molecule has 18 heavy (non-hydrogen) atoms. The number of carboxylic acid groups (broad SMARTS) is 1. The lowest BCUT2D eigenvalue weighted by molar-refractivity contribution is -0.139.